The van der Waals surface area contributed by atoms with Gasteiger partial charge < -0.3 is 11.5 Å². The molecular formula is C12H19N3O2S. The lowest BCUT2D eigenvalue weighted by molar-refractivity contribution is 0.412. The average molecular weight is 269 g/mol. The summed E-state index contributed by atoms with van der Waals surface area (Å²) in [4.78, 5) is 0.0769. The van der Waals surface area contributed by atoms with Crippen LogP contribution in [0.2, 0.25) is 0 Å². The van der Waals surface area contributed by atoms with Gasteiger partial charge in [0.15, 0.2) is 0 Å². The van der Waals surface area contributed by atoms with Crippen LogP contribution in [0.5, 0.6) is 0 Å². The highest BCUT2D eigenvalue weighted by Gasteiger charge is 2.23. The first-order valence-corrected chi connectivity index (χ1v) is 7.65. The smallest absolute Gasteiger partial charge is 0.242 e. The Balaban J connectivity index is 2.21. The molecule has 1 aliphatic rings. The molecule has 0 heterocycles. The number of anilines is 2. The van der Waals surface area contributed by atoms with Gasteiger partial charge in [-0.1, -0.05) is 19.3 Å². The maximum Gasteiger partial charge on any atom is 0.242 e. The molecule has 0 bridgehead atoms. The maximum atomic E-state index is 12.2. The van der Waals surface area contributed by atoms with Gasteiger partial charge in [0.1, 0.15) is 4.90 Å². The zero-order chi connectivity index (χ0) is 13.2. The Morgan fingerprint density at radius 3 is 2.44 bits per heavy atom. The summed E-state index contributed by atoms with van der Waals surface area (Å²) in [7, 11) is -3.57. The standard InChI is InChI=1S/C12H19N3O2S/c13-9-6-7-11(14)12(8-9)18(16,17)15-10-4-2-1-3-5-10/h6-8,10,15H,1-5,13-14H2. The van der Waals surface area contributed by atoms with Crippen molar-refractivity contribution in [2.45, 2.75) is 43.0 Å². The number of nitrogen functional groups attached to an aromatic ring is 2. The van der Waals surface area contributed by atoms with E-state index < -0.39 is 10.0 Å². The van der Waals surface area contributed by atoms with E-state index in [0.717, 1.165) is 25.7 Å². The summed E-state index contributed by atoms with van der Waals surface area (Å²) in [6, 6.07) is 4.53. The van der Waals surface area contributed by atoms with Crippen molar-refractivity contribution in [3.63, 3.8) is 0 Å². The highest BCUT2D eigenvalue weighted by Crippen LogP contribution is 2.24. The molecule has 0 radical (unpaired) electrons. The number of hydrogen-bond donors (Lipinski definition) is 3. The van der Waals surface area contributed by atoms with Gasteiger partial charge in [-0.25, -0.2) is 13.1 Å². The SMILES string of the molecule is Nc1ccc(N)c(S(=O)(=O)NC2CCCCC2)c1. The van der Waals surface area contributed by atoms with E-state index in [0.29, 0.717) is 5.69 Å². The molecule has 0 spiro atoms. The molecule has 5 nitrogen and oxygen atoms in total. The fraction of sp³-hybridized carbons (Fsp3) is 0.500. The van der Waals surface area contributed by atoms with Crippen molar-refractivity contribution < 1.29 is 8.42 Å². The van der Waals surface area contributed by atoms with Crippen molar-refractivity contribution >= 4 is 21.4 Å². The van der Waals surface area contributed by atoms with Crippen LogP contribution in [0.15, 0.2) is 23.1 Å². The fourth-order valence-electron chi connectivity index (χ4n) is 2.29. The van der Waals surface area contributed by atoms with Gasteiger partial charge in [0.2, 0.25) is 10.0 Å². The molecule has 0 unspecified atom stereocenters. The Labute approximate surface area is 108 Å². The van der Waals surface area contributed by atoms with E-state index in [4.69, 9.17) is 11.5 Å². The molecule has 1 fully saturated rings. The van der Waals surface area contributed by atoms with Crippen molar-refractivity contribution in [2.24, 2.45) is 0 Å². The van der Waals surface area contributed by atoms with E-state index in [1.165, 1.54) is 18.6 Å². The van der Waals surface area contributed by atoms with Gasteiger partial charge in [-0.05, 0) is 31.0 Å². The van der Waals surface area contributed by atoms with Crippen LogP contribution in [0.25, 0.3) is 0 Å². The third-order valence-corrected chi connectivity index (χ3v) is 4.83. The summed E-state index contributed by atoms with van der Waals surface area (Å²) in [6.45, 7) is 0. The van der Waals surface area contributed by atoms with Crippen molar-refractivity contribution in [2.75, 3.05) is 11.5 Å². The van der Waals surface area contributed by atoms with E-state index in [1.807, 2.05) is 0 Å². The third kappa shape index (κ3) is 2.94. The van der Waals surface area contributed by atoms with Gasteiger partial charge in [-0.2, -0.15) is 0 Å². The first-order chi connectivity index (χ1) is 8.49. The van der Waals surface area contributed by atoms with Gasteiger partial charge in [-0.3, -0.25) is 0 Å². The summed E-state index contributed by atoms with van der Waals surface area (Å²) in [5, 5.41) is 0. The molecule has 1 aromatic rings. The molecule has 1 aliphatic carbocycles. The zero-order valence-corrected chi connectivity index (χ0v) is 11.0. The molecule has 0 aliphatic heterocycles. The van der Waals surface area contributed by atoms with E-state index >= 15 is 0 Å². The summed E-state index contributed by atoms with van der Waals surface area (Å²) in [5.41, 5.74) is 11.9. The summed E-state index contributed by atoms with van der Waals surface area (Å²) < 4.78 is 27.2. The molecule has 0 saturated heterocycles. The quantitative estimate of drug-likeness (QED) is 0.723. The first-order valence-electron chi connectivity index (χ1n) is 6.16. The van der Waals surface area contributed by atoms with Gasteiger partial charge in [0.25, 0.3) is 0 Å². The number of sulfonamides is 1. The molecule has 100 valence electrons. The monoisotopic (exact) mass is 269 g/mol. The Bertz CT molecular complexity index is 522. The minimum atomic E-state index is -3.57. The molecule has 6 heteroatoms. The number of rotatable bonds is 3. The molecule has 0 aromatic heterocycles. The minimum Gasteiger partial charge on any atom is -0.399 e. The van der Waals surface area contributed by atoms with Crippen LogP contribution in [0.1, 0.15) is 32.1 Å². The fourth-order valence-corrected chi connectivity index (χ4v) is 3.76. The largest absolute Gasteiger partial charge is 0.399 e. The number of nitrogens with one attached hydrogen (secondary N) is 1. The maximum absolute atomic E-state index is 12.2. The average Bonchev–Trinajstić information content (AvgIpc) is 2.33. The van der Waals surface area contributed by atoms with Gasteiger partial charge >= 0.3 is 0 Å². The lowest BCUT2D eigenvalue weighted by Gasteiger charge is -2.23. The molecule has 18 heavy (non-hydrogen) atoms. The van der Waals surface area contributed by atoms with Crippen molar-refractivity contribution in [1.82, 2.24) is 4.72 Å². The first kappa shape index (κ1) is 13.2. The summed E-state index contributed by atoms with van der Waals surface area (Å²) in [6.07, 6.45) is 5.10. The second-order valence-corrected chi connectivity index (χ2v) is 6.44. The zero-order valence-electron chi connectivity index (χ0n) is 10.2. The highest BCUT2D eigenvalue weighted by atomic mass is 32.2. The predicted molar refractivity (Wildman–Crippen MR) is 72.5 cm³/mol. The molecule has 5 N–H and O–H groups in total. The molecule has 0 atom stereocenters. The second-order valence-electron chi connectivity index (χ2n) is 4.75. The van der Waals surface area contributed by atoms with Crippen LogP contribution in [0.4, 0.5) is 11.4 Å². The molecule has 1 saturated carbocycles. The number of nitrogens with two attached hydrogens (primary N) is 2. The van der Waals surface area contributed by atoms with Crippen LogP contribution >= 0.6 is 0 Å². The number of hydrogen-bond acceptors (Lipinski definition) is 4. The van der Waals surface area contributed by atoms with E-state index in [2.05, 4.69) is 4.72 Å². The minimum absolute atomic E-state index is 0.0181. The van der Waals surface area contributed by atoms with Gasteiger partial charge in [0.05, 0.1) is 5.69 Å². The van der Waals surface area contributed by atoms with Crippen molar-refractivity contribution in [1.29, 1.82) is 0 Å². The lowest BCUT2D eigenvalue weighted by atomic mass is 9.96. The van der Waals surface area contributed by atoms with Gasteiger partial charge in [0, 0.05) is 11.7 Å². The second kappa shape index (κ2) is 5.16. The van der Waals surface area contributed by atoms with E-state index in [-0.39, 0.29) is 16.6 Å². The van der Waals surface area contributed by atoms with Crippen LogP contribution in [0, 0.1) is 0 Å². The Morgan fingerprint density at radius 2 is 1.78 bits per heavy atom. The molecule has 1 aromatic carbocycles. The third-order valence-electron chi connectivity index (χ3n) is 3.25. The van der Waals surface area contributed by atoms with Crippen LogP contribution in [-0.2, 0) is 10.0 Å². The Kier molecular flexibility index (Phi) is 3.77. The van der Waals surface area contributed by atoms with Crippen LogP contribution < -0.4 is 16.2 Å². The molecule has 2 rings (SSSR count). The molecule has 0 amide bonds. The predicted octanol–water partition coefficient (Wildman–Crippen LogP) is 1.46. The Hall–Kier alpha value is -1.27. The highest BCUT2D eigenvalue weighted by molar-refractivity contribution is 7.89. The van der Waals surface area contributed by atoms with E-state index in [9.17, 15) is 8.42 Å². The van der Waals surface area contributed by atoms with Gasteiger partial charge in [-0.15, -0.1) is 0 Å². The molecular weight excluding hydrogens is 250 g/mol. The van der Waals surface area contributed by atoms with Crippen LogP contribution in [-0.4, -0.2) is 14.5 Å². The Morgan fingerprint density at radius 1 is 1.11 bits per heavy atom. The topological polar surface area (TPSA) is 98.2 Å². The normalized spacial score (nSPS) is 17.8. The van der Waals surface area contributed by atoms with Crippen LogP contribution in [0.3, 0.4) is 0 Å². The lowest BCUT2D eigenvalue weighted by Crippen LogP contribution is -2.36. The summed E-state index contributed by atoms with van der Waals surface area (Å²) in [5.74, 6) is 0. The number of benzene rings is 1. The van der Waals surface area contributed by atoms with E-state index in [1.54, 1.807) is 6.07 Å². The van der Waals surface area contributed by atoms with Crippen molar-refractivity contribution in [3.8, 4) is 0 Å². The van der Waals surface area contributed by atoms with Crippen molar-refractivity contribution in [3.05, 3.63) is 18.2 Å². The summed E-state index contributed by atoms with van der Waals surface area (Å²) >= 11 is 0.